The lowest BCUT2D eigenvalue weighted by molar-refractivity contribution is 0.0996. The summed E-state index contributed by atoms with van der Waals surface area (Å²) in [6, 6.07) is 7.93. The van der Waals surface area contributed by atoms with E-state index in [-0.39, 0.29) is 11.9 Å². The number of aryl methyl sites for hydroxylation is 1. The standard InChI is InChI=1S/C21H22FN5O/c1-14-2-4-16(5-3-14)26-13-19-18(21(26)28)12-27(24-19)17-6-7-20(23-10-17)25-9-8-15(22)11-25/h2-7,12,15,17H,8-11,13H2,1H3. The number of carbonyl (C=O) groups is 1. The van der Waals surface area contributed by atoms with E-state index in [4.69, 9.17) is 0 Å². The third kappa shape index (κ3) is 2.91. The number of nitrogens with zero attached hydrogens (tertiary/aromatic N) is 5. The molecule has 0 saturated carbocycles. The number of rotatable bonds is 2. The molecular weight excluding hydrogens is 357 g/mol. The average molecular weight is 379 g/mol. The zero-order valence-electron chi connectivity index (χ0n) is 15.8. The van der Waals surface area contributed by atoms with Crippen molar-refractivity contribution in [2.75, 3.05) is 24.5 Å². The first-order valence-corrected chi connectivity index (χ1v) is 9.67. The maximum atomic E-state index is 13.4. The fourth-order valence-corrected chi connectivity index (χ4v) is 4.00. The highest BCUT2D eigenvalue weighted by atomic mass is 19.1. The first-order chi connectivity index (χ1) is 13.6. The third-order valence-electron chi connectivity index (χ3n) is 5.64. The molecular formula is C21H22FN5O. The molecule has 1 fully saturated rings. The Labute approximate surface area is 163 Å². The number of carbonyl (C=O) groups excluding carboxylic acids is 1. The highest BCUT2D eigenvalue weighted by Crippen LogP contribution is 2.29. The Morgan fingerprint density at radius 3 is 2.68 bits per heavy atom. The van der Waals surface area contributed by atoms with Crippen LogP contribution in [0.25, 0.3) is 0 Å². The van der Waals surface area contributed by atoms with Crippen molar-refractivity contribution in [2.24, 2.45) is 4.99 Å². The summed E-state index contributed by atoms with van der Waals surface area (Å²) in [5.41, 5.74) is 3.51. The van der Waals surface area contributed by atoms with E-state index in [1.165, 1.54) is 5.56 Å². The normalized spacial score (nSPS) is 24.1. The van der Waals surface area contributed by atoms with E-state index in [0.717, 1.165) is 17.2 Å². The summed E-state index contributed by atoms with van der Waals surface area (Å²) in [5.74, 6) is 0.831. The van der Waals surface area contributed by atoms with Gasteiger partial charge in [0.25, 0.3) is 5.91 Å². The van der Waals surface area contributed by atoms with Crippen molar-refractivity contribution in [1.82, 2.24) is 14.7 Å². The minimum atomic E-state index is -0.759. The van der Waals surface area contributed by atoms with E-state index in [1.807, 2.05) is 59.1 Å². The second-order valence-electron chi connectivity index (χ2n) is 7.65. The molecule has 1 saturated heterocycles. The second-order valence-corrected chi connectivity index (χ2v) is 7.65. The zero-order valence-corrected chi connectivity index (χ0v) is 15.8. The van der Waals surface area contributed by atoms with Gasteiger partial charge in [-0.25, -0.2) is 4.39 Å². The molecule has 144 valence electrons. The van der Waals surface area contributed by atoms with Crippen LogP contribution in [0.5, 0.6) is 0 Å². The molecule has 1 aromatic carbocycles. The number of hydrogen-bond acceptors (Lipinski definition) is 4. The molecule has 0 spiro atoms. The van der Waals surface area contributed by atoms with E-state index < -0.39 is 6.17 Å². The lowest BCUT2D eigenvalue weighted by atomic mass is 10.2. The first-order valence-electron chi connectivity index (χ1n) is 9.67. The van der Waals surface area contributed by atoms with Gasteiger partial charge in [0, 0.05) is 18.4 Å². The Bertz CT molecular complexity index is 977. The van der Waals surface area contributed by atoms with Gasteiger partial charge < -0.3 is 9.80 Å². The molecule has 3 aliphatic rings. The summed E-state index contributed by atoms with van der Waals surface area (Å²) >= 11 is 0. The van der Waals surface area contributed by atoms with Crippen LogP contribution in [0.1, 0.15) is 34.1 Å². The minimum absolute atomic E-state index is 0.0138. The van der Waals surface area contributed by atoms with Gasteiger partial charge in [-0.15, -0.1) is 0 Å². The highest BCUT2D eigenvalue weighted by molar-refractivity contribution is 6.09. The number of fused-ring (bicyclic) bond motifs is 1. The quantitative estimate of drug-likeness (QED) is 0.806. The summed E-state index contributed by atoms with van der Waals surface area (Å²) in [5, 5.41) is 4.65. The van der Waals surface area contributed by atoms with Crippen molar-refractivity contribution in [2.45, 2.75) is 32.1 Å². The van der Waals surface area contributed by atoms with Gasteiger partial charge in [0.1, 0.15) is 12.0 Å². The largest absolute Gasteiger partial charge is 0.354 e. The van der Waals surface area contributed by atoms with E-state index in [1.54, 1.807) is 4.90 Å². The molecule has 2 aromatic rings. The van der Waals surface area contributed by atoms with Gasteiger partial charge in [0.15, 0.2) is 0 Å². The fourth-order valence-electron chi connectivity index (χ4n) is 4.00. The maximum Gasteiger partial charge on any atom is 0.262 e. The molecule has 1 aromatic heterocycles. The van der Waals surface area contributed by atoms with Gasteiger partial charge in [0.05, 0.1) is 36.9 Å². The summed E-state index contributed by atoms with van der Waals surface area (Å²) in [7, 11) is 0. The molecule has 2 atom stereocenters. The molecule has 0 N–H and O–H groups in total. The van der Waals surface area contributed by atoms with Crippen LogP contribution in [0.2, 0.25) is 0 Å². The summed E-state index contributed by atoms with van der Waals surface area (Å²) in [6.07, 6.45) is 5.62. The number of benzene rings is 1. The van der Waals surface area contributed by atoms with Crippen LogP contribution >= 0.6 is 0 Å². The molecule has 6 nitrogen and oxygen atoms in total. The lowest BCUT2D eigenvalue weighted by Gasteiger charge is -2.23. The zero-order chi connectivity index (χ0) is 19.3. The molecule has 0 radical (unpaired) electrons. The number of dihydropyridines is 1. The Morgan fingerprint density at radius 1 is 1.21 bits per heavy atom. The molecule has 1 amide bonds. The van der Waals surface area contributed by atoms with Gasteiger partial charge in [-0.2, -0.15) is 5.10 Å². The number of alkyl halides is 1. The van der Waals surface area contributed by atoms with Gasteiger partial charge in [-0.05, 0) is 31.6 Å². The SMILES string of the molecule is Cc1ccc(N2Cc3nn(C4C=CC(N5CCC(F)C5)=NC4)cc3C2=O)cc1. The number of aliphatic imine (C=N–C) groups is 1. The van der Waals surface area contributed by atoms with E-state index in [2.05, 4.69) is 10.1 Å². The van der Waals surface area contributed by atoms with E-state index in [9.17, 15) is 9.18 Å². The molecule has 0 aliphatic carbocycles. The minimum Gasteiger partial charge on any atom is -0.354 e. The Kier molecular flexibility index (Phi) is 4.03. The van der Waals surface area contributed by atoms with Gasteiger partial charge in [-0.3, -0.25) is 14.5 Å². The van der Waals surface area contributed by atoms with Crippen molar-refractivity contribution in [3.05, 3.63) is 59.4 Å². The predicted molar refractivity (Wildman–Crippen MR) is 105 cm³/mol. The van der Waals surface area contributed by atoms with Crippen molar-refractivity contribution in [3.8, 4) is 0 Å². The van der Waals surface area contributed by atoms with E-state index in [0.29, 0.717) is 38.2 Å². The Morgan fingerprint density at radius 2 is 2.04 bits per heavy atom. The third-order valence-corrected chi connectivity index (χ3v) is 5.64. The predicted octanol–water partition coefficient (Wildman–Crippen LogP) is 2.91. The van der Waals surface area contributed by atoms with Crippen LogP contribution in [0.4, 0.5) is 10.1 Å². The maximum absolute atomic E-state index is 13.4. The van der Waals surface area contributed by atoms with Gasteiger partial charge in [-0.1, -0.05) is 23.8 Å². The van der Waals surface area contributed by atoms with Crippen LogP contribution in [-0.2, 0) is 6.54 Å². The van der Waals surface area contributed by atoms with Crippen LogP contribution in [0, 0.1) is 6.92 Å². The van der Waals surface area contributed by atoms with Crippen molar-refractivity contribution < 1.29 is 9.18 Å². The molecule has 0 bridgehead atoms. The Balaban J connectivity index is 1.29. The van der Waals surface area contributed by atoms with Crippen LogP contribution in [-0.4, -0.2) is 52.2 Å². The molecule has 5 rings (SSSR count). The van der Waals surface area contributed by atoms with E-state index >= 15 is 0 Å². The Hall–Kier alpha value is -2.96. The van der Waals surface area contributed by atoms with Crippen molar-refractivity contribution in [1.29, 1.82) is 0 Å². The monoisotopic (exact) mass is 379 g/mol. The highest BCUT2D eigenvalue weighted by Gasteiger charge is 2.33. The van der Waals surface area contributed by atoms with Crippen LogP contribution in [0.15, 0.2) is 47.6 Å². The number of amidine groups is 1. The number of amides is 1. The van der Waals surface area contributed by atoms with Crippen LogP contribution in [0.3, 0.4) is 0 Å². The number of hydrogen-bond donors (Lipinski definition) is 0. The fraction of sp³-hybridized carbons (Fsp3) is 0.381. The van der Waals surface area contributed by atoms with Crippen molar-refractivity contribution >= 4 is 17.4 Å². The van der Waals surface area contributed by atoms with Gasteiger partial charge >= 0.3 is 0 Å². The van der Waals surface area contributed by atoms with Crippen molar-refractivity contribution in [3.63, 3.8) is 0 Å². The molecule has 28 heavy (non-hydrogen) atoms. The topological polar surface area (TPSA) is 53.7 Å². The number of anilines is 1. The van der Waals surface area contributed by atoms with Crippen LogP contribution < -0.4 is 4.90 Å². The lowest BCUT2D eigenvalue weighted by Crippen LogP contribution is -2.30. The summed E-state index contributed by atoms with van der Waals surface area (Å²) in [4.78, 5) is 21.2. The number of aromatic nitrogens is 2. The smallest absolute Gasteiger partial charge is 0.262 e. The molecule has 7 heteroatoms. The summed E-state index contributed by atoms with van der Waals surface area (Å²) in [6.45, 7) is 4.21. The molecule has 2 unspecified atom stereocenters. The molecule has 3 aliphatic heterocycles. The van der Waals surface area contributed by atoms with Gasteiger partial charge in [0.2, 0.25) is 0 Å². The summed E-state index contributed by atoms with van der Waals surface area (Å²) < 4.78 is 15.2. The average Bonchev–Trinajstić information content (AvgIpc) is 3.39. The number of likely N-dealkylation sites (tertiary alicyclic amines) is 1. The second kappa shape index (κ2) is 6.58. The number of halogens is 1. The first kappa shape index (κ1) is 17.2. The molecule has 4 heterocycles.